The Labute approximate surface area is 147 Å². The molecule has 0 bridgehead atoms. The highest BCUT2D eigenvalue weighted by Gasteiger charge is 2.18. The molecule has 1 aromatic heterocycles. The number of carbonyl (C=O) groups excluding carboxylic acids is 2. The number of aryl methyl sites for hydroxylation is 1. The second kappa shape index (κ2) is 7.17. The molecule has 0 atom stereocenters. The normalized spacial score (nSPS) is 11.0. The summed E-state index contributed by atoms with van der Waals surface area (Å²) in [7, 11) is 0. The molecule has 1 heterocycles. The highest BCUT2D eigenvalue weighted by Crippen LogP contribution is 2.32. The highest BCUT2D eigenvalue weighted by atomic mass is 35.5. The Morgan fingerprint density at radius 1 is 1.22 bits per heavy atom. The summed E-state index contributed by atoms with van der Waals surface area (Å²) in [5, 5.41) is 4.00. The van der Waals surface area contributed by atoms with Gasteiger partial charge in [0.2, 0.25) is 5.91 Å². The van der Waals surface area contributed by atoms with E-state index in [0.717, 1.165) is 10.4 Å². The van der Waals surface area contributed by atoms with Gasteiger partial charge >= 0.3 is 0 Å². The average molecular weight is 369 g/mol. The Morgan fingerprint density at radius 2 is 1.83 bits per heavy atom. The molecule has 2 rings (SSSR count). The fourth-order valence-corrected chi connectivity index (χ4v) is 3.59. The van der Waals surface area contributed by atoms with Gasteiger partial charge in [-0.15, -0.1) is 11.3 Å². The molecule has 0 fully saturated rings. The van der Waals surface area contributed by atoms with Crippen LogP contribution in [0.2, 0.25) is 10.0 Å². The van der Waals surface area contributed by atoms with Crippen LogP contribution in [-0.4, -0.2) is 11.8 Å². The van der Waals surface area contributed by atoms with E-state index < -0.39 is 11.8 Å². The number of benzene rings is 1. The van der Waals surface area contributed by atoms with E-state index in [1.807, 2.05) is 6.92 Å². The minimum Gasteiger partial charge on any atom is -0.365 e. The van der Waals surface area contributed by atoms with Gasteiger partial charge in [0.1, 0.15) is 5.00 Å². The molecule has 0 aliphatic heterocycles. The highest BCUT2D eigenvalue weighted by molar-refractivity contribution is 7.16. The topological polar surface area (TPSA) is 72.2 Å². The van der Waals surface area contributed by atoms with Gasteiger partial charge in [0.05, 0.1) is 5.56 Å². The first kappa shape index (κ1) is 17.5. The summed E-state index contributed by atoms with van der Waals surface area (Å²) in [6.45, 7) is 3.66. The number of primary amides is 1. The van der Waals surface area contributed by atoms with E-state index in [2.05, 4.69) is 5.32 Å². The summed E-state index contributed by atoms with van der Waals surface area (Å²) in [5.41, 5.74) is 7.04. The molecule has 0 saturated carbocycles. The number of nitrogens with one attached hydrogen (secondary N) is 1. The molecular weight excluding hydrogens is 355 g/mol. The van der Waals surface area contributed by atoms with Crippen molar-refractivity contribution in [2.24, 2.45) is 5.73 Å². The minimum absolute atomic E-state index is 0.338. The standard InChI is InChI=1S/C16H14Cl2N2O2S/c1-8-9(2)23-16(14(8)15(19)22)20-13(21)7-6-10-11(17)4-3-5-12(10)18/h3-7H,1-2H3,(H2,19,22)(H,20,21)/b7-6-. The summed E-state index contributed by atoms with van der Waals surface area (Å²) in [6.07, 6.45) is 2.83. The van der Waals surface area contributed by atoms with Crippen LogP contribution in [0.15, 0.2) is 24.3 Å². The molecule has 23 heavy (non-hydrogen) atoms. The maximum atomic E-state index is 12.1. The number of halogens is 2. The van der Waals surface area contributed by atoms with E-state index in [0.29, 0.717) is 26.2 Å². The van der Waals surface area contributed by atoms with E-state index in [-0.39, 0.29) is 0 Å². The number of hydrogen-bond donors (Lipinski definition) is 2. The average Bonchev–Trinajstić information content (AvgIpc) is 2.73. The lowest BCUT2D eigenvalue weighted by Gasteiger charge is -2.03. The lowest BCUT2D eigenvalue weighted by Crippen LogP contribution is -2.16. The molecule has 0 spiro atoms. The molecule has 1 aromatic carbocycles. The van der Waals surface area contributed by atoms with Crippen molar-refractivity contribution in [1.29, 1.82) is 0 Å². The fourth-order valence-electron chi connectivity index (χ4n) is 1.99. The molecule has 4 nitrogen and oxygen atoms in total. The molecule has 0 saturated heterocycles. The molecule has 0 aliphatic rings. The summed E-state index contributed by atoms with van der Waals surface area (Å²) < 4.78 is 0. The van der Waals surface area contributed by atoms with E-state index in [1.54, 1.807) is 25.1 Å². The summed E-state index contributed by atoms with van der Waals surface area (Å²) >= 11 is 13.4. The van der Waals surface area contributed by atoms with Crippen molar-refractivity contribution in [1.82, 2.24) is 0 Å². The Bertz CT molecular complexity index is 792. The smallest absolute Gasteiger partial charge is 0.251 e. The Morgan fingerprint density at radius 3 is 2.39 bits per heavy atom. The van der Waals surface area contributed by atoms with E-state index in [9.17, 15) is 9.59 Å². The van der Waals surface area contributed by atoms with Crippen molar-refractivity contribution in [2.45, 2.75) is 13.8 Å². The van der Waals surface area contributed by atoms with Crippen molar-refractivity contribution in [3.63, 3.8) is 0 Å². The molecule has 2 amide bonds. The van der Waals surface area contributed by atoms with Crippen LogP contribution in [0.25, 0.3) is 6.08 Å². The molecule has 7 heteroatoms. The van der Waals surface area contributed by atoms with Crippen molar-refractivity contribution in [3.05, 3.63) is 55.9 Å². The minimum atomic E-state index is -0.569. The molecule has 0 radical (unpaired) electrons. The number of carbonyl (C=O) groups is 2. The van der Waals surface area contributed by atoms with Crippen molar-refractivity contribution in [2.75, 3.05) is 5.32 Å². The van der Waals surface area contributed by atoms with Gasteiger partial charge in [-0.25, -0.2) is 0 Å². The first-order valence-electron chi connectivity index (χ1n) is 6.64. The number of rotatable bonds is 4. The molecule has 0 unspecified atom stereocenters. The van der Waals surface area contributed by atoms with E-state index in [4.69, 9.17) is 28.9 Å². The number of amides is 2. The van der Waals surface area contributed by atoms with Crippen molar-refractivity contribution in [3.8, 4) is 0 Å². The molecule has 3 N–H and O–H groups in total. The van der Waals surface area contributed by atoms with Crippen molar-refractivity contribution < 1.29 is 9.59 Å². The summed E-state index contributed by atoms with van der Waals surface area (Å²) in [5.74, 6) is -0.968. The predicted octanol–water partition coefficient (Wildman–Crippen LogP) is 4.42. The third-order valence-corrected chi connectivity index (χ3v) is 5.05. The fraction of sp³-hybridized carbons (Fsp3) is 0.125. The van der Waals surface area contributed by atoms with Gasteiger partial charge in [0.25, 0.3) is 5.91 Å². The quantitative estimate of drug-likeness (QED) is 0.783. The van der Waals surface area contributed by atoms with Gasteiger partial charge in [0.15, 0.2) is 0 Å². The first-order valence-corrected chi connectivity index (χ1v) is 8.21. The van der Waals surface area contributed by atoms with Gasteiger partial charge in [-0.05, 0) is 37.6 Å². The monoisotopic (exact) mass is 368 g/mol. The van der Waals surface area contributed by atoms with Crippen LogP contribution in [0.3, 0.4) is 0 Å². The van der Waals surface area contributed by atoms with Crippen LogP contribution in [0.4, 0.5) is 5.00 Å². The number of anilines is 1. The predicted molar refractivity (Wildman–Crippen MR) is 96.4 cm³/mol. The number of hydrogen-bond acceptors (Lipinski definition) is 3. The molecule has 2 aromatic rings. The van der Waals surface area contributed by atoms with Crippen LogP contribution in [0, 0.1) is 13.8 Å². The third kappa shape index (κ3) is 3.93. The van der Waals surface area contributed by atoms with Gasteiger partial charge in [-0.3, -0.25) is 9.59 Å². The Kier molecular flexibility index (Phi) is 5.46. The Hall–Kier alpha value is -1.82. The largest absolute Gasteiger partial charge is 0.365 e. The zero-order valence-corrected chi connectivity index (χ0v) is 14.8. The maximum absolute atomic E-state index is 12.1. The zero-order chi connectivity index (χ0) is 17.1. The number of thiophene rings is 1. The van der Waals surface area contributed by atoms with Crippen LogP contribution in [0.5, 0.6) is 0 Å². The van der Waals surface area contributed by atoms with E-state index >= 15 is 0 Å². The number of nitrogens with two attached hydrogens (primary N) is 1. The molecule has 0 aliphatic carbocycles. The van der Waals surface area contributed by atoms with Gasteiger partial charge < -0.3 is 11.1 Å². The van der Waals surface area contributed by atoms with Gasteiger partial charge in [0, 0.05) is 26.6 Å². The SMILES string of the molecule is Cc1sc(NC(=O)/C=C\c2c(Cl)cccc2Cl)c(C(N)=O)c1C. The zero-order valence-electron chi connectivity index (χ0n) is 12.4. The second-order valence-electron chi connectivity index (χ2n) is 4.81. The van der Waals surface area contributed by atoms with Crippen LogP contribution in [0.1, 0.15) is 26.4 Å². The third-order valence-electron chi connectivity index (χ3n) is 3.27. The van der Waals surface area contributed by atoms with Gasteiger partial charge in [-0.1, -0.05) is 29.3 Å². The molecule has 120 valence electrons. The van der Waals surface area contributed by atoms with E-state index in [1.165, 1.54) is 23.5 Å². The summed E-state index contributed by atoms with van der Waals surface area (Å²) in [6, 6.07) is 5.09. The Balaban J connectivity index is 2.22. The first-order chi connectivity index (χ1) is 10.8. The van der Waals surface area contributed by atoms with Crippen LogP contribution in [-0.2, 0) is 4.79 Å². The lowest BCUT2D eigenvalue weighted by molar-refractivity contribution is -0.111. The second-order valence-corrected chi connectivity index (χ2v) is 6.85. The van der Waals surface area contributed by atoms with Crippen LogP contribution < -0.4 is 11.1 Å². The molecular formula is C16H14Cl2N2O2S. The van der Waals surface area contributed by atoms with Gasteiger partial charge in [-0.2, -0.15) is 0 Å². The summed E-state index contributed by atoms with van der Waals surface area (Å²) in [4.78, 5) is 24.5. The van der Waals surface area contributed by atoms with Crippen LogP contribution >= 0.6 is 34.5 Å². The van der Waals surface area contributed by atoms with Crippen molar-refractivity contribution >= 4 is 57.4 Å². The maximum Gasteiger partial charge on any atom is 0.251 e. The lowest BCUT2D eigenvalue weighted by atomic mass is 10.1.